The molecule has 3 aromatic carbocycles. The number of nitrogens with zero attached hydrogens (tertiary/aromatic N) is 2. The number of halogens is 2. The predicted octanol–water partition coefficient (Wildman–Crippen LogP) is 5.22. The Bertz CT molecular complexity index is 1460. The fourth-order valence-electron chi connectivity index (χ4n) is 3.95. The Kier molecular flexibility index (Phi) is 8.28. The zero-order valence-corrected chi connectivity index (χ0v) is 21.4. The summed E-state index contributed by atoms with van der Waals surface area (Å²) in [5, 5.41) is 17.1. The van der Waals surface area contributed by atoms with E-state index in [0.29, 0.717) is 34.0 Å². The largest absolute Gasteiger partial charge is 0.497 e. The third-order valence-electron chi connectivity index (χ3n) is 5.87. The summed E-state index contributed by atoms with van der Waals surface area (Å²) in [7, 11) is 3.02. The van der Waals surface area contributed by atoms with Crippen LogP contribution >= 0.6 is 11.6 Å². The van der Waals surface area contributed by atoms with Crippen molar-refractivity contribution in [3.8, 4) is 28.4 Å². The summed E-state index contributed by atoms with van der Waals surface area (Å²) in [4.78, 5) is 24.6. The van der Waals surface area contributed by atoms with E-state index in [4.69, 9.17) is 21.1 Å². The van der Waals surface area contributed by atoms with Crippen LogP contribution in [-0.2, 0) is 16.0 Å². The molecule has 8 nitrogen and oxygen atoms in total. The van der Waals surface area contributed by atoms with Gasteiger partial charge in [-0.3, -0.25) is 4.79 Å². The van der Waals surface area contributed by atoms with Crippen LogP contribution in [0.2, 0.25) is 5.02 Å². The molecule has 196 valence electrons. The molecular formula is C28H25ClFN3O5. The molecule has 4 rings (SSSR count). The zero-order valence-electron chi connectivity index (χ0n) is 20.7. The molecule has 1 heterocycles. The van der Waals surface area contributed by atoms with E-state index < -0.39 is 17.9 Å². The fourth-order valence-corrected chi connectivity index (χ4v) is 4.22. The summed E-state index contributed by atoms with van der Waals surface area (Å²) in [6, 6.07) is 18.4. The highest BCUT2D eigenvalue weighted by atomic mass is 35.5. The van der Waals surface area contributed by atoms with Gasteiger partial charge < -0.3 is 19.9 Å². The number of amides is 1. The van der Waals surface area contributed by atoms with E-state index >= 15 is 0 Å². The number of rotatable bonds is 10. The third kappa shape index (κ3) is 6.12. The molecule has 0 aliphatic heterocycles. The lowest BCUT2D eigenvalue weighted by atomic mass is 10.1. The molecule has 0 saturated heterocycles. The van der Waals surface area contributed by atoms with Crippen molar-refractivity contribution in [2.45, 2.75) is 18.9 Å². The molecule has 0 aliphatic carbocycles. The summed E-state index contributed by atoms with van der Waals surface area (Å²) < 4.78 is 26.0. The van der Waals surface area contributed by atoms with E-state index in [9.17, 15) is 19.1 Å². The van der Waals surface area contributed by atoms with Crippen molar-refractivity contribution in [1.29, 1.82) is 0 Å². The second-order valence-corrected chi connectivity index (χ2v) is 8.78. The van der Waals surface area contributed by atoms with Gasteiger partial charge in [0.2, 0.25) is 5.91 Å². The van der Waals surface area contributed by atoms with Crippen LogP contribution in [0.1, 0.15) is 23.7 Å². The maximum absolute atomic E-state index is 14.0. The molecule has 10 heteroatoms. The van der Waals surface area contributed by atoms with E-state index in [-0.39, 0.29) is 23.7 Å². The SMILES string of the molecule is COc1ccc(-n2nc(CCC(=O)NC(C(=O)O)c3ccc(OC)c(Cl)c3)cc2-c2cccc(F)c2)cc1. The van der Waals surface area contributed by atoms with Gasteiger partial charge in [0.15, 0.2) is 6.04 Å². The first-order chi connectivity index (χ1) is 18.3. The molecule has 0 bridgehead atoms. The first-order valence-electron chi connectivity index (χ1n) is 11.6. The zero-order chi connectivity index (χ0) is 27.2. The number of carbonyl (C=O) groups is 2. The maximum Gasteiger partial charge on any atom is 0.330 e. The number of methoxy groups -OCH3 is 2. The number of hydrogen-bond acceptors (Lipinski definition) is 5. The molecule has 38 heavy (non-hydrogen) atoms. The van der Waals surface area contributed by atoms with Crippen LogP contribution in [0.15, 0.2) is 72.8 Å². The van der Waals surface area contributed by atoms with Gasteiger partial charge >= 0.3 is 5.97 Å². The van der Waals surface area contributed by atoms with Gasteiger partial charge in [0.25, 0.3) is 0 Å². The van der Waals surface area contributed by atoms with Crippen LogP contribution in [0.25, 0.3) is 16.9 Å². The highest BCUT2D eigenvalue weighted by Gasteiger charge is 2.23. The molecule has 1 amide bonds. The van der Waals surface area contributed by atoms with Crippen LogP contribution < -0.4 is 14.8 Å². The average Bonchev–Trinajstić information content (AvgIpc) is 3.35. The molecule has 0 aliphatic rings. The van der Waals surface area contributed by atoms with Crippen LogP contribution in [0.4, 0.5) is 4.39 Å². The third-order valence-corrected chi connectivity index (χ3v) is 6.16. The van der Waals surface area contributed by atoms with Gasteiger partial charge in [-0.1, -0.05) is 29.8 Å². The van der Waals surface area contributed by atoms with Crippen molar-refractivity contribution in [2.24, 2.45) is 0 Å². The van der Waals surface area contributed by atoms with Crippen molar-refractivity contribution >= 4 is 23.5 Å². The number of carboxylic acid groups (broad SMARTS) is 1. The van der Waals surface area contributed by atoms with Crippen LogP contribution in [0.3, 0.4) is 0 Å². The molecule has 4 aromatic rings. The molecule has 1 unspecified atom stereocenters. The minimum absolute atomic E-state index is 0.0180. The summed E-state index contributed by atoms with van der Waals surface area (Å²) in [6.45, 7) is 0. The number of carboxylic acids is 1. The smallest absolute Gasteiger partial charge is 0.330 e. The number of carbonyl (C=O) groups excluding carboxylic acids is 1. The van der Waals surface area contributed by atoms with Crippen molar-refractivity contribution in [2.75, 3.05) is 14.2 Å². The minimum Gasteiger partial charge on any atom is -0.497 e. The Morgan fingerprint density at radius 2 is 1.82 bits per heavy atom. The number of hydrogen-bond donors (Lipinski definition) is 2. The topological polar surface area (TPSA) is 103 Å². The maximum atomic E-state index is 14.0. The summed E-state index contributed by atoms with van der Waals surface area (Å²) in [5.74, 6) is -1.01. The summed E-state index contributed by atoms with van der Waals surface area (Å²) >= 11 is 6.13. The second kappa shape index (κ2) is 11.8. The van der Waals surface area contributed by atoms with Gasteiger partial charge in [0, 0.05) is 18.4 Å². The molecule has 0 saturated carbocycles. The van der Waals surface area contributed by atoms with E-state index in [1.54, 1.807) is 48.2 Å². The molecule has 2 N–H and O–H groups in total. The van der Waals surface area contributed by atoms with Gasteiger partial charge in [-0.25, -0.2) is 13.9 Å². The van der Waals surface area contributed by atoms with E-state index in [0.717, 1.165) is 5.69 Å². The quantitative estimate of drug-likeness (QED) is 0.287. The second-order valence-electron chi connectivity index (χ2n) is 8.37. The van der Waals surface area contributed by atoms with Crippen molar-refractivity contribution in [3.63, 3.8) is 0 Å². The first-order valence-corrected chi connectivity index (χ1v) is 12.0. The van der Waals surface area contributed by atoms with Gasteiger partial charge in [-0.05, 0) is 60.2 Å². The molecule has 0 fully saturated rings. The Morgan fingerprint density at radius 1 is 1.05 bits per heavy atom. The number of benzene rings is 3. The Morgan fingerprint density at radius 3 is 2.45 bits per heavy atom. The van der Waals surface area contributed by atoms with E-state index in [1.165, 1.54) is 31.4 Å². The Labute approximate surface area is 223 Å². The van der Waals surface area contributed by atoms with Gasteiger partial charge in [-0.2, -0.15) is 5.10 Å². The van der Waals surface area contributed by atoms with E-state index in [1.807, 2.05) is 12.1 Å². The number of aliphatic carboxylic acids is 1. The van der Waals surface area contributed by atoms with Gasteiger partial charge in [0.05, 0.1) is 36.3 Å². The Hall–Kier alpha value is -4.37. The highest BCUT2D eigenvalue weighted by Crippen LogP contribution is 2.29. The van der Waals surface area contributed by atoms with Gasteiger partial charge in [-0.15, -0.1) is 0 Å². The molecule has 0 radical (unpaired) electrons. The lowest BCUT2D eigenvalue weighted by Gasteiger charge is -2.16. The monoisotopic (exact) mass is 537 g/mol. The van der Waals surface area contributed by atoms with E-state index in [2.05, 4.69) is 10.4 Å². The van der Waals surface area contributed by atoms with Gasteiger partial charge in [0.1, 0.15) is 17.3 Å². The number of aromatic nitrogens is 2. The average molecular weight is 538 g/mol. The molecule has 0 spiro atoms. The van der Waals surface area contributed by atoms with Crippen LogP contribution in [0, 0.1) is 5.82 Å². The minimum atomic E-state index is -1.29. The van der Waals surface area contributed by atoms with Crippen molar-refractivity contribution < 1.29 is 28.6 Å². The first kappa shape index (κ1) is 26.7. The number of aryl methyl sites for hydroxylation is 1. The Balaban J connectivity index is 1.54. The standard InChI is InChI=1S/C28H25ClFN3O5/c1-37-22-10-8-21(9-11-22)33-24(17-4-3-5-19(30)14-17)16-20(32-33)7-13-26(34)31-27(28(35)36)18-6-12-25(38-2)23(29)15-18/h3-6,8-12,14-16,27H,7,13H2,1-2H3,(H,31,34)(H,35,36). The normalized spacial score (nSPS) is 11.6. The predicted molar refractivity (Wildman–Crippen MR) is 140 cm³/mol. The molecule has 1 aromatic heterocycles. The van der Waals surface area contributed by atoms with Crippen LogP contribution in [-0.4, -0.2) is 41.0 Å². The summed E-state index contributed by atoms with van der Waals surface area (Å²) in [5.41, 5.74) is 2.87. The van der Waals surface area contributed by atoms with Crippen molar-refractivity contribution in [1.82, 2.24) is 15.1 Å². The molecular weight excluding hydrogens is 513 g/mol. The number of ether oxygens (including phenoxy) is 2. The van der Waals surface area contributed by atoms with Crippen molar-refractivity contribution in [3.05, 3.63) is 94.9 Å². The highest BCUT2D eigenvalue weighted by molar-refractivity contribution is 6.32. The number of nitrogens with one attached hydrogen (secondary N) is 1. The fraction of sp³-hybridized carbons (Fsp3) is 0.179. The van der Waals surface area contributed by atoms with Crippen LogP contribution in [0.5, 0.6) is 11.5 Å². The summed E-state index contributed by atoms with van der Waals surface area (Å²) in [6.07, 6.45) is 0.211. The molecule has 1 atom stereocenters. The lowest BCUT2D eigenvalue weighted by Crippen LogP contribution is -2.33. The lowest BCUT2D eigenvalue weighted by molar-refractivity contribution is -0.142.